The summed E-state index contributed by atoms with van der Waals surface area (Å²) < 4.78 is 11.0. The summed E-state index contributed by atoms with van der Waals surface area (Å²) >= 11 is 0. The first-order valence-corrected chi connectivity index (χ1v) is 9.56. The standard InChI is InChI=1S/C17H16O2.CH6O3P/c1-18-10-11-19-17-15-8-4-2-6-13(15)12-14-7-3-5-9-16(14)17;1-5(2,3)4/h2-9,12H,10-11H2,1H3;2-4H,1H3/q;+1. The second-order valence-electron chi connectivity index (χ2n) is 5.36. The third-order valence-corrected chi connectivity index (χ3v) is 3.26. The predicted molar refractivity (Wildman–Crippen MR) is 98.3 cm³/mol. The molecular formula is C18H22O5P+. The summed E-state index contributed by atoms with van der Waals surface area (Å²) in [7, 11) is -1.70. The largest absolute Gasteiger partial charge is 0.490 e. The summed E-state index contributed by atoms with van der Waals surface area (Å²) in [5, 5.41) is 4.71. The lowest BCUT2D eigenvalue weighted by molar-refractivity contribution is 0.148. The highest BCUT2D eigenvalue weighted by Crippen LogP contribution is 2.38. The molecule has 24 heavy (non-hydrogen) atoms. The zero-order valence-electron chi connectivity index (χ0n) is 13.7. The fraction of sp³-hybridized carbons (Fsp3) is 0.222. The van der Waals surface area contributed by atoms with Crippen LogP contribution in [0.2, 0.25) is 0 Å². The molecule has 3 rings (SSSR count). The Balaban J connectivity index is 0.000000368. The monoisotopic (exact) mass is 349 g/mol. The van der Waals surface area contributed by atoms with Gasteiger partial charge in [-0.3, -0.25) is 0 Å². The molecule has 6 heteroatoms. The van der Waals surface area contributed by atoms with Gasteiger partial charge in [0.05, 0.1) is 6.61 Å². The Morgan fingerprint density at radius 1 is 0.833 bits per heavy atom. The average Bonchev–Trinajstić information content (AvgIpc) is 2.53. The van der Waals surface area contributed by atoms with Crippen LogP contribution in [0.1, 0.15) is 0 Å². The van der Waals surface area contributed by atoms with E-state index in [1.165, 1.54) is 10.8 Å². The van der Waals surface area contributed by atoms with Crippen LogP contribution in [-0.2, 0) is 4.74 Å². The van der Waals surface area contributed by atoms with E-state index in [-0.39, 0.29) is 0 Å². The lowest BCUT2D eigenvalue weighted by atomic mass is 10.0. The van der Waals surface area contributed by atoms with Gasteiger partial charge in [-0.1, -0.05) is 48.5 Å². The molecule has 3 aromatic carbocycles. The van der Waals surface area contributed by atoms with E-state index < -0.39 is 7.94 Å². The number of methoxy groups -OCH3 is 1. The maximum Gasteiger partial charge on any atom is 0.400 e. The molecule has 0 aliphatic carbocycles. The van der Waals surface area contributed by atoms with E-state index in [0.29, 0.717) is 13.2 Å². The summed E-state index contributed by atoms with van der Waals surface area (Å²) in [4.78, 5) is 23.2. The van der Waals surface area contributed by atoms with Crippen molar-refractivity contribution in [2.45, 2.75) is 0 Å². The van der Waals surface area contributed by atoms with Crippen LogP contribution in [0.4, 0.5) is 0 Å². The highest BCUT2D eigenvalue weighted by molar-refractivity contribution is 7.57. The van der Waals surface area contributed by atoms with E-state index >= 15 is 0 Å². The van der Waals surface area contributed by atoms with E-state index in [0.717, 1.165) is 23.2 Å². The second kappa shape index (κ2) is 8.38. The molecule has 128 valence electrons. The number of hydrogen-bond acceptors (Lipinski definition) is 5. The van der Waals surface area contributed by atoms with Gasteiger partial charge >= 0.3 is 7.94 Å². The van der Waals surface area contributed by atoms with E-state index in [4.69, 9.17) is 24.2 Å². The van der Waals surface area contributed by atoms with Crippen LogP contribution in [0.25, 0.3) is 21.5 Å². The van der Waals surface area contributed by atoms with Crippen molar-refractivity contribution in [2.75, 3.05) is 27.0 Å². The lowest BCUT2D eigenvalue weighted by Gasteiger charge is -2.12. The zero-order chi connectivity index (χ0) is 17.6. The van der Waals surface area contributed by atoms with Crippen molar-refractivity contribution in [3.8, 4) is 5.75 Å². The summed E-state index contributed by atoms with van der Waals surface area (Å²) in [5.41, 5.74) is 0. The van der Waals surface area contributed by atoms with E-state index in [1.807, 2.05) is 12.1 Å². The third kappa shape index (κ3) is 5.41. The normalized spacial score (nSPS) is 11.2. The molecule has 0 unspecified atom stereocenters. The number of ether oxygens (including phenoxy) is 2. The van der Waals surface area contributed by atoms with Crippen molar-refractivity contribution in [1.29, 1.82) is 0 Å². The van der Waals surface area contributed by atoms with Crippen LogP contribution < -0.4 is 4.74 Å². The third-order valence-electron chi connectivity index (χ3n) is 3.26. The number of hydrogen-bond donors (Lipinski definition) is 3. The molecule has 0 atom stereocenters. The maximum absolute atomic E-state index is 7.74. The Hall–Kier alpha value is -1.75. The first kappa shape index (κ1) is 18.6. The second-order valence-corrected chi connectivity index (χ2v) is 7.09. The minimum absolute atomic E-state index is 0.564. The van der Waals surface area contributed by atoms with Gasteiger partial charge in [0.2, 0.25) is 0 Å². The number of fused-ring (bicyclic) bond motifs is 2. The minimum Gasteiger partial charge on any atom is -0.490 e. The minimum atomic E-state index is -3.39. The first-order chi connectivity index (χ1) is 11.4. The van der Waals surface area contributed by atoms with Gasteiger partial charge in [-0.2, -0.15) is 14.7 Å². The van der Waals surface area contributed by atoms with Gasteiger partial charge < -0.3 is 9.47 Å². The van der Waals surface area contributed by atoms with Gasteiger partial charge in [-0.15, -0.1) is 0 Å². The van der Waals surface area contributed by atoms with Gasteiger partial charge in [0, 0.05) is 17.9 Å². The van der Waals surface area contributed by atoms with Crippen LogP contribution in [0.15, 0.2) is 54.6 Å². The molecule has 0 saturated heterocycles. The molecule has 0 saturated carbocycles. The topological polar surface area (TPSA) is 79.2 Å². The van der Waals surface area contributed by atoms with Crippen LogP contribution >= 0.6 is 7.94 Å². The van der Waals surface area contributed by atoms with E-state index in [1.54, 1.807) is 7.11 Å². The molecule has 0 aliphatic rings. The maximum atomic E-state index is 7.74. The molecule has 0 bridgehead atoms. The van der Waals surface area contributed by atoms with Crippen LogP contribution in [0, 0.1) is 0 Å². The van der Waals surface area contributed by atoms with E-state index in [9.17, 15) is 0 Å². The van der Waals surface area contributed by atoms with Crippen molar-refractivity contribution in [3.05, 3.63) is 54.6 Å². The van der Waals surface area contributed by atoms with Gasteiger partial charge in [-0.05, 0) is 16.8 Å². The Kier molecular flexibility index (Phi) is 6.49. The predicted octanol–water partition coefficient (Wildman–Crippen LogP) is 3.37. The lowest BCUT2D eigenvalue weighted by Crippen LogP contribution is -2.05. The summed E-state index contributed by atoms with van der Waals surface area (Å²) in [6.45, 7) is 2.12. The summed E-state index contributed by atoms with van der Waals surface area (Å²) in [5.74, 6) is 0.950. The molecule has 3 N–H and O–H groups in total. The van der Waals surface area contributed by atoms with Gasteiger partial charge in [0.15, 0.2) is 0 Å². The van der Waals surface area contributed by atoms with Crippen LogP contribution in [0.3, 0.4) is 0 Å². The fourth-order valence-electron chi connectivity index (χ4n) is 2.35. The SMILES string of the molecule is COCCOc1c2ccccc2cc2ccccc12.C[P+](O)(O)O. The first-order valence-electron chi connectivity index (χ1n) is 7.47. The molecule has 3 aromatic rings. The number of rotatable bonds is 4. The molecule has 0 radical (unpaired) electrons. The smallest absolute Gasteiger partial charge is 0.400 e. The highest BCUT2D eigenvalue weighted by Gasteiger charge is 2.17. The van der Waals surface area contributed by atoms with Crippen molar-refractivity contribution < 1.29 is 24.2 Å². The Bertz CT molecular complexity index is 738. The molecule has 0 heterocycles. The molecule has 0 spiro atoms. The van der Waals surface area contributed by atoms with Gasteiger partial charge in [0.1, 0.15) is 19.0 Å². The molecule has 5 nitrogen and oxygen atoms in total. The molecule has 0 fully saturated rings. The fourth-order valence-corrected chi connectivity index (χ4v) is 2.35. The van der Waals surface area contributed by atoms with Crippen molar-refractivity contribution in [3.63, 3.8) is 0 Å². The van der Waals surface area contributed by atoms with Crippen LogP contribution in [-0.4, -0.2) is 41.7 Å². The quantitative estimate of drug-likeness (QED) is 0.382. The summed E-state index contributed by atoms with van der Waals surface area (Å²) in [6.07, 6.45) is 0. The van der Waals surface area contributed by atoms with Crippen LogP contribution in [0.5, 0.6) is 5.75 Å². The van der Waals surface area contributed by atoms with Gasteiger partial charge in [0.25, 0.3) is 0 Å². The van der Waals surface area contributed by atoms with Gasteiger partial charge in [-0.25, -0.2) is 0 Å². The number of benzene rings is 3. The molecule has 0 aliphatic heterocycles. The highest BCUT2D eigenvalue weighted by atomic mass is 31.2. The van der Waals surface area contributed by atoms with E-state index in [2.05, 4.69) is 42.5 Å². The Morgan fingerprint density at radius 3 is 1.75 bits per heavy atom. The Labute approximate surface area is 141 Å². The molecular weight excluding hydrogens is 327 g/mol. The van der Waals surface area contributed by atoms with Crippen molar-refractivity contribution in [1.82, 2.24) is 0 Å². The summed E-state index contributed by atoms with van der Waals surface area (Å²) in [6, 6.07) is 18.8. The van der Waals surface area contributed by atoms with Crippen molar-refractivity contribution in [2.24, 2.45) is 0 Å². The van der Waals surface area contributed by atoms with Crippen molar-refractivity contribution >= 4 is 29.5 Å². The molecule has 0 amide bonds. The molecule has 0 aromatic heterocycles. The average molecular weight is 349 g/mol. The zero-order valence-corrected chi connectivity index (χ0v) is 14.6. The Morgan fingerprint density at radius 2 is 1.29 bits per heavy atom.